The van der Waals surface area contributed by atoms with E-state index in [9.17, 15) is 4.79 Å². The van der Waals surface area contributed by atoms with Gasteiger partial charge < -0.3 is 15.0 Å². The lowest BCUT2D eigenvalue weighted by Gasteiger charge is -2.37. The summed E-state index contributed by atoms with van der Waals surface area (Å²) in [5.74, 6) is 0.900. The number of amides is 1. The van der Waals surface area contributed by atoms with Gasteiger partial charge in [-0.3, -0.25) is 4.79 Å². The van der Waals surface area contributed by atoms with E-state index in [-0.39, 0.29) is 17.4 Å². The first-order valence-corrected chi connectivity index (χ1v) is 8.96. The second-order valence-corrected chi connectivity index (χ2v) is 7.59. The van der Waals surface area contributed by atoms with Crippen LogP contribution in [0.1, 0.15) is 57.3 Å². The van der Waals surface area contributed by atoms with Gasteiger partial charge in [-0.1, -0.05) is 20.8 Å². The summed E-state index contributed by atoms with van der Waals surface area (Å²) in [5, 5.41) is 3.18. The van der Waals surface area contributed by atoms with E-state index in [4.69, 9.17) is 9.72 Å². The maximum absolute atomic E-state index is 12.1. The molecule has 3 rings (SSSR count). The van der Waals surface area contributed by atoms with Crippen molar-refractivity contribution in [1.29, 1.82) is 0 Å². The molecule has 1 aliphatic carbocycles. The normalized spacial score (nSPS) is 22.8. The van der Waals surface area contributed by atoms with Gasteiger partial charge in [-0.05, 0) is 24.7 Å². The zero-order valence-corrected chi connectivity index (χ0v) is 15.0. The largest absolute Gasteiger partial charge is 0.378 e. The van der Waals surface area contributed by atoms with Crippen LogP contribution in [0, 0.1) is 5.41 Å². The molecule has 0 aromatic carbocycles. The number of carbonyl (C=O) groups excluding carboxylic acids is 1. The van der Waals surface area contributed by atoms with Gasteiger partial charge in [0.25, 0.3) is 0 Å². The molecule has 1 atom stereocenters. The summed E-state index contributed by atoms with van der Waals surface area (Å²) >= 11 is 0. The van der Waals surface area contributed by atoms with Crippen LogP contribution in [0.15, 0.2) is 6.20 Å². The molecule has 1 aromatic heterocycles. The molecule has 1 aromatic rings. The number of anilines is 1. The Morgan fingerprint density at radius 2 is 2.17 bits per heavy atom. The Morgan fingerprint density at radius 3 is 2.88 bits per heavy atom. The van der Waals surface area contributed by atoms with Gasteiger partial charge in [0.05, 0.1) is 24.9 Å². The predicted molar refractivity (Wildman–Crippen MR) is 93.0 cm³/mol. The molecule has 24 heavy (non-hydrogen) atoms. The molecule has 2 aliphatic rings. The Hall–Kier alpha value is -1.69. The van der Waals surface area contributed by atoms with E-state index >= 15 is 0 Å². The van der Waals surface area contributed by atoms with Gasteiger partial charge in [0, 0.05) is 31.3 Å². The second-order valence-electron chi connectivity index (χ2n) is 7.59. The third-order valence-electron chi connectivity index (χ3n) is 4.77. The molecular weight excluding hydrogens is 304 g/mol. The Labute approximate surface area is 144 Å². The van der Waals surface area contributed by atoms with E-state index in [0.29, 0.717) is 6.42 Å². The van der Waals surface area contributed by atoms with Gasteiger partial charge in [0.1, 0.15) is 0 Å². The minimum absolute atomic E-state index is 0.0153. The first-order chi connectivity index (χ1) is 11.5. The molecule has 1 saturated heterocycles. The minimum atomic E-state index is 0.0153. The van der Waals surface area contributed by atoms with Crippen molar-refractivity contribution in [2.24, 2.45) is 5.41 Å². The van der Waals surface area contributed by atoms with Crippen molar-refractivity contribution in [3.8, 4) is 0 Å². The van der Waals surface area contributed by atoms with Gasteiger partial charge >= 0.3 is 0 Å². The van der Waals surface area contributed by atoms with Crippen molar-refractivity contribution in [1.82, 2.24) is 15.3 Å². The van der Waals surface area contributed by atoms with Crippen molar-refractivity contribution in [2.75, 3.05) is 31.2 Å². The highest BCUT2D eigenvalue weighted by Crippen LogP contribution is 2.40. The van der Waals surface area contributed by atoms with Crippen molar-refractivity contribution < 1.29 is 9.53 Å². The first kappa shape index (κ1) is 17.1. The third kappa shape index (κ3) is 3.86. The molecule has 0 spiro atoms. The van der Waals surface area contributed by atoms with Crippen LogP contribution in [0.4, 0.5) is 5.95 Å². The SMILES string of the molecule is CCCC(=O)NC1CC(C)(C)Cc2nc(N3CCOCC3)ncc21. The Bertz CT molecular complexity index is 597. The lowest BCUT2D eigenvalue weighted by atomic mass is 9.74. The number of carbonyl (C=O) groups is 1. The summed E-state index contributed by atoms with van der Waals surface area (Å²) < 4.78 is 5.41. The summed E-state index contributed by atoms with van der Waals surface area (Å²) in [6.07, 6.45) is 5.19. The molecule has 0 radical (unpaired) electrons. The molecule has 1 N–H and O–H groups in total. The summed E-state index contributed by atoms with van der Waals surface area (Å²) in [6.45, 7) is 9.62. The molecule has 1 fully saturated rings. The highest BCUT2D eigenvalue weighted by molar-refractivity contribution is 5.76. The standard InChI is InChI=1S/C18H28N4O2/c1-4-5-16(23)20-14-10-18(2,3)11-15-13(14)12-19-17(21-15)22-6-8-24-9-7-22/h12,14H,4-11H2,1-3H3,(H,20,23). The number of aromatic nitrogens is 2. The zero-order chi connectivity index (χ0) is 17.2. The van der Waals surface area contributed by atoms with Crippen LogP contribution in [0.5, 0.6) is 0 Å². The summed E-state index contributed by atoms with van der Waals surface area (Å²) in [6, 6.07) is 0.0153. The molecular formula is C18H28N4O2. The smallest absolute Gasteiger partial charge is 0.225 e. The van der Waals surface area contributed by atoms with Crippen LogP contribution in [0.2, 0.25) is 0 Å². The predicted octanol–water partition coefficient (Wildman–Crippen LogP) is 2.24. The van der Waals surface area contributed by atoms with Gasteiger partial charge in [-0.25, -0.2) is 9.97 Å². The van der Waals surface area contributed by atoms with Crippen LogP contribution in [0.3, 0.4) is 0 Å². The molecule has 1 unspecified atom stereocenters. The average Bonchev–Trinajstić information content (AvgIpc) is 2.54. The number of hydrogen-bond acceptors (Lipinski definition) is 5. The Morgan fingerprint density at radius 1 is 1.42 bits per heavy atom. The number of ether oxygens (including phenoxy) is 1. The summed E-state index contributed by atoms with van der Waals surface area (Å²) in [4.78, 5) is 23.7. The fraction of sp³-hybridized carbons (Fsp3) is 0.722. The van der Waals surface area contributed by atoms with Crippen LogP contribution in [0.25, 0.3) is 0 Å². The van der Waals surface area contributed by atoms with E-state index < -0.39 is 0 Å². The number of hydrogen-bond donors (Lipinski definition) is 1. The van der Waals surface area contributed by atoms with E-state index in [0.717, 1.165) is 62.8 Å². The van der Waals surface area contributed by atoms with E-state index in [1.165, 1.54) is 0 Å². The summed E-state index contributed by atoms with van der Waals surface area (Å²) in [7, 11) is 0. The van der Waals surface area contributed by atoms with Crippen molar-refractivity contribution in [3.05, 3.63) is 17.5 Å². The quantitative estimate of drug-likeness (QED) is 0.916. The Kier molecular flexibility index (Phi) is 5.04. The first-order valence-electron chi connectivity index (χ1n) is 8.96. The zero-order valence-electron chi connectivity index (χ0n) is 15.0. The molecule has 6 heteroatoms. The van der Waals surface area contributed by atoms with Crippen molar-refractivity contribution in [2.45, 2.75) is 52.5 Å². The average molecular weight is 332 g/mol. The molecule has 132 valence electrons. The molecule has 1 amide bonds. The second kappa shape index (κ2) is 7.05. The minimum Gasteiger partial charge on any atom is -0.378 e. The fourth-order valence-electron chi connectivity index (χ4n) is 3.57. The van der Waals surface area contributed by atoms with Gasteiger partial charge in [0.15, 0.2) is 0 Å². The van der Waals surface area contributed by atoms with Gasteiger partial charge in [-0.15, -0.1) is 0 Å². The number of rotatable bonds is 4. The highest BCUT2D eigenvalue weighted by Gasteiger charge is 2.34. The molecule has 0 bridgehead atoms. The maximum Gasteiger partial charge on any atom is 0.225 e. The third-order valence-corrected chi connectivity index (χ3v) is 4.77. The van der Waals surface area contributed by atoms with Gasteiger partial charge in [-0.2, -0.15) is 0 Å². The maximum atomic E-state index is 12.1. The number of nitrogens with one attached hydrogen (secondary N) is 1. The topological polar surface area (TPSA) is 67.4 Å². The van der Waals surface area contributed by atoms with Crippen LogP contribution in [-0.2, 0) is 16.0 Å². The number of fused-ring (bicyclic) bond motifs is 1. The number of morpholine rings is 1. The number of nitrogens with zero attached hydrogens (tertiary/aromatic N) is 3. The van der Waals surface area contributed by atoms with E-state index in [1.54, 1.807) is 0 Å². The van der Waals surface area contributed by atoms with Crippen molar-refractivity contribution >= 4 is 11.9 Å². The van der Waals surface area contributed by atoms with Crippen LogP contribution >= 0.6 is 0 Å². The van der Waals surface area contributed by atoms with Gasteiger partial charge in [0.2, 0.25) is 11.9 Å². The molecule has 6 nitrogen and oxygen atoms in total. The summed E-state index contributed by atoms with van der Waals surface area (Å²) in [5.41, 5.74) is 2.27. The monoisotopic (exact) mass is 332 g/mol. The lowest BCUT2D eigenvalue weighted by molar-refractivity contribution is -0.122. The Balaban J connectivity index is 1.84. The van der Waals surface area contributed by atoms with E-state index in [1.807, 2.05) is 13.1 Å². The highest BCUT2D eigenvalue weighted by atomic mass is 16.5. The van der Waals surface area contributed by atoms with Crippen molar-refractivity contribution in [3.63, 3.8) is 0 Å². The van der Waals surface area contributed by atoms with Crippen LogP contribution < -0.4 is 10.2 Å². The van der Waals surface area contributed by atoms with Crippen LogP contribution in [-0.4, -0.2) is 42.2 Å². The molecule has 1 aliphatic heterocycles. The molecule has 0 saturated carbocycles. The molecule has 2 heterocycles. The van der Waals surface area contributed by atoms with E-state index in [2.05, 4.69) is 29.0 Å². The fourth-order valence-corrected chi connectivity index (χ4v) is 3.57. The lowest BCUT2D eigenvalue weighted by Crippen LogP contribution is -2.39.